The topological polar surface area (TPSA) is 63.4 Å². The maximum Gasteiger partial charge on any atom is 0.251 e. The number of carbonyl (C=O) groups excluding carboxylic acids is 2. The fourth-order valence-electron chi connectivity index (χ4n) is 1.83. The smallest absolute Gasteiger partial charge is 0.251 e. The van der Waals surface area contributed by atoms with Crippen LogP contribution in [0.2, 0.25) is 0 Å². The van der Waals surface area contributed by atoms with Crippen LogP contribution in [0.5, 0.6) is 0 Å². The van der Waals surface area contributed by atoms with Gasteiger partial charge < -0.3 is 10.6 Å². The van der Waals surface area contributed by atoms with E-state index >= 15 is 0 Å². The minimum Gasteiger partial charge on any atom is -0.370 e. The largest absolute Gasteiger partial charge is 0.370 e. The number of rotatable bonds is 6. The van der Waals surface area contributed by atoms with Crippen molar-refractivity contribution < 1.29 is 9.59 Å². The monoisotopic (exact) mass is 300 g/mol. The molecule has 21 heavy (non-hydrogen) atoms. The lowest BCUT2D eigenvalue weighted by Crippen LogP contribution is -2.32. The first-order valence-electron chi connectivity index (χ1n) is 6.53. The van der Waals surface area contributed by atoms with Crippen LogP contribution in [0.15, 0.2) is 53.9 Å². The highest BCUT2D eigenvalue weighted by Crippen LogP contribution is 2.16. The molecular weight excluding hydrogens is 284 g/mol. The van der Waals surface area contributed by atoms with Gasteiger partial charge in [-0.05, 0) is 29.7 Å². The lowest BCUT2D eigenvalue weighted by atomic mass is 10.2. The number of anilines is 1. The second-order valence-corrected chi connectivity index (χ2v) is 5.37. The summed E-state index contributed by atoms with van der Waals surface area (Å²) in [6.07, 6.45) is 3.42. The Morgan fingerprint density at radius 2 is 1.90 bits per heavy atom. The summed E-state index contributed by atoms with van der Waals surface area (Å²) >= 11 is 1.56. The molecule has 1 aromatic carbocycles. The Bertz CT molecular complexity index is 621. The number of thiophene rings is 1. The number of amides is 2. The quantitative estimate of drug-likeness (QED) is 0.834. The van der Waals surface area contributed by atoms with E-state index in [1.165, 1.54) is 6.08 Å². The number of hydrogen-bond acceptors (Lipinski definition) is 3. The molecule has 0 unspecified atom stereocenters. The van der Waals surface area contributed by atoms with Crippen LogP contribution in [0, 0.1) is 0 Å². The predicted octanol–water partition coefficient (Wildman–Crippen LogP) is 2.67. The van der Waals surface area contributed by atoms with Crippen molar-refractivity contribution in [2.45, 2.75) is 6.42 Å². The van der Waals surface area contributed by atoms with Crippen molar-refractivity contribution in [2.75, 3.05) is 11.4 Å². The van der Waals surface area contributed by atoms with Gasteiger partial charge in [0.2, 0.25) is 5.91 Å². The average Bonchev–Trinajstić information content (AvgIpc) is 2.99. The second-order valence-electron chi connectivity index (χ2n) is 4.39. The van der Waals surface area contributed by atoms with Gasteiger partial charge in [-0.2, -0.15) is 0 Å². The van der Waals surface area contributed by atoms with Crippen LogP contribution in [0.4, 0.5) is 5.69 Å². The normalized spacial score (nSPS) is 10.7. The van der Waals surface area contributed by atoms with E-state index in [2.05, 4.69) is 0 Å². The van der Waals surface area contributed by atoms with Crippen molar-refractivity contribution in [1.29, 1.82) is 0 Å². The second kappa shape index (κ2) is 7.40. The number of hydrogen-bond donors (Lipinski definition) is 1. The molecule has 2 aromatic rings. The molecular formula is C16H16N2O2S. The van der Waals surface area contributed by atoms with Gasteiger partial charge in [-0.15, -0.1) is 11.3 Å². The summed E-state index contributed by atoms with van der Waals surface area (Å²) in [7, 11) is 0. The minimum atomic E-state index is -0.425. The van der Waals surface area contributed by atoms with Crippen LogP contribution < -0.4 is 10.6 Å². The molecule has 2 N–H and O–H groups in total. The Balaban J connectivity index is 2.14. The van der Waals surface area contributed by atoms with Gasteiger partial charge in [0.1, 0.15) is 0 Å². The van der Waals surface area contributed by atoms with E-state index in [-0.39, 0.29) is 18.9 Å². The highest BCUT2D eigenvalue weighted by atomic mass is 32.1. The van der Waals surface area contributed by atoms with Crippen molar-refractivity contribution in [1.82, 2.24) is 0 Å². The fourth-order valence-corrected chi connectivity index (χ4v) is 2.44. The Labute approximate surface area is 127 Å². The van der Waals surface area contributed by atoms with Crippen LogP contribution in [-0.4, -0.2) is 18.4 Å². The zero-order chi connectivity index (χ0) is 15.1. The molecule has 0 aliphatic rings. The van der Waals surface area contributed by atoms with Gasteiger partial charge in [-0.1, -0.05) is 24.3 Å². The fraction of sp³-hybridized carbons (Fsp3) is 0.125. The number of benzene rings is 1. The summed E-state index contributed by atoms with van der Waals surface area (Å²) in [5.41, 5.74) is 5.93. The molecule has 0 aliphatic heterocycles. The van der Waals surface area contributed by atoms with Gasteiger partial charge in [-0.25, -0.2) is 0 Å². The highest BCUT2D eigenvalue weighted by Gasteiger charge is 2.13. The lowest BCUT2D eigenvalue weighted by Gasteiger charge is -2.20. The molecule has 0 saturated carbocycles. The first-order valence-corrected chi connectivity index (χ1v) is 7.41. The zero-order valence-corrected chi connectivity index (χ0v) is 12.3. The molecule has 1 aromatic heterocycles. The van der Waals surface area contributed by atoms with Gasteiger partial charge >= 0.3 is 0 Å². The summed E-state index contributed by atoms with van der Waals surface area (Å²) in [5, 5.41) is 1.95. The summed E-state index contributed by atoms with van der Waals surface area (Å²) < 4.78 is 0. The molecule has 0 fully saturated rings. The van der Waals surface area contributed by atoms with Crippen molar-refractivity contribution in [3.63, 3.8) is 0 Å². The van der Waals surface area contributed by atoms with E-state index in [1.54, 1.807) is 22.3 Å². The number of primary amides is 1. The van der Waals surface area contributed by atoms with Gasteiger partial charge in [0.25, 0.3) is 5.91 Å². The molecule has 0 aliphatic carbocycles. The van der Waals surface area contributed by atoms with Crippen molar-refractivity contribution in [3.8, 4) is 0 Å². The SMILES string of the molecule is NC(=O)CCN(C(=O)C=Cc1cccs1)c1ccccc1. The Hall–Kier alpha value is -2.40. The number of para-hydroxylation sites is 1. The highest BCUT2D eigenvalue weighted by molar-refractivity contribution is 7.10. The summed E-state index contributed by atoms with van der Waals surface area (Å²) in [5.74, 6) is -0.596. The van der Waals surface area contributed by atoms with E-state index in [4.69, 9.17) is 5.73 Å². The Morgan fingerprint density at radius 1 is 1.14 bits per heavy atom. The lowest BCUT2D eigenvalue weighted by molar-refractivity contribution is -0.118. The zero-order valence-electron chi connectivity index (χ0n) is 11.4. The van der Waals surface area contributed by atoms with Crippen molar-refractivity contribution >= 4 is 34.9 Å². The summed E-state index contributed by atoms with van der Waals surface area (Å²) in [4.78, 5) is 25.9. The third-order valence-electron chi connectivity index (χ3n) is 2.85. The molecule has 4 nitrogen and oxygen atoms in total. The van der Waals surface area contributed by atoms with Crippen LogP contribution in [0.3, 0.4) is 0 Å². The molecule has 5 heteroatoms. The molecule has 0 spiro atoms. The van der Waals surface area contributed by atoms with Crippen molar-refractivity contribution in [2.24, 2.45) is 5.73 Å². The molecule has 108 valence electrons. The molecule has 0 atom stereocenters. The molecule has 0 saturated heterocycles. The summed E-state index contributed by atoms with van der Waals surface area (Å²) in [6.45, 7) is 0.271. The van der Waals surface area contributed by atoms with Gasteiger partial charge in [0, 0.05) is 29.6 Å². The predicted molar refractivity (Wildman–Crippen MR) is 86.0 cm³/mol. The first-order chi connectivity index (χ1) is 10.2. The molecule has 2 amide bonds. The number of nitrogens with zero attached hydrogens (tertiary/aromatic N) is 1. The third-order valence-corrected chi connectivity index (χ3v) is 3.69. The van der Waals surface area contributed by atoms with E-state index in [0.29, 0.717) is 0 Å². The van der Waals surface area contributed by atoms with E-state index in [9.17, 15) is 9.59 Å². The van der Waals surface area contributed by atoms with Crippen molar-refractivity contribution in [3.05, 3.63) is 58.8 Å². The molecule has 0 radical (unpaired) electrons. The Kier molecular flexibility index (Phi) is 5.29. The van der Waals surface area contributed by atoms with E-state index < -0.39 is 5.91 Å². The maximum atomic E-state index is 12.3. The van der Waals surface area contributed by atoms with Crippen LogP contribution >= 0.6 is 11.3 Å². The number of carbonyl (C=O) groups is 2. The Morgan fingerprint density at radius 3 is 2.52 bits per heavy atom. The standard InChI is InChI=1S/C16H16N2O2S/c17-15(19)10-11-18(13-5-2-1-3-6-13)16(20)9-8-14-7-4-12-21-14/h1-9,12H,10-11H2,(H2,17,19). The van der Waals surface area contributed by atoms with E-state index in [0.717, 1.165) is 10.6 Å². The minimum absolute atomic E-state index is 0.132. The maximum absolute atomic E-state index is 12.3. The van der Waals surface area contributed by atoms with E-state index in [1.807, 2.05) is 47.8 Å². The molecule has 1 heterocycles. The van der Waals surface area contributed by atoms with Gasteiger partial charge in [-0.3, -0.25) is 9.59 Å². The van der Waals surface area contributed by atoms with Crippen LogP contribution in [0.1, 0.15) is 11.3 Å². The van der Waals surface area contributed by atoms with Gasteiger partial charge in [0.15, 0.2) is 0 Å². The average molecular weight is 300 g/mol. The third kappa shape index (κ3) is 4.57. The van der Waals surface area contributed by atoms with Crippen LogP contribution in [0.25, 0.3) is 6.08 Å². The summed E-state index contributed by atoms with van der Waals surface area (Å²) in [6, 6.07) is 13.1. The van der Waals surface area contributed by atoms with Crippen LogP contribution in [-0.2, 0) is 9.59 Å². The molecule has 0 bridgehead atoms. The van der Waals surface area contributed by atoms with Gasteiger partial charge in [0.05, 0.1) is 0 Å². The first kappa shape index (κ1) is 15.0. The number of nitrogens with two attached hydrogens (primary N) is 1. The molecule has 2 rings (SSSR count).